The van der Waals surface area contributed by atoms with Gasteiger partial charge >= 0.3 is 0 Å². The van der Waals surface area contributed by atoms with E-state index in [1.54, 1.807) is 12.1 Å². The summed E-state index contributed by atoms with van der Waals surface area (Å²) in [6, 6.07) is 13.3. The number of nitrogens with one attached hydrogen (secondary N) is 1. The van der Waals surface area contributed by atoms with Crippen LogP contribution in [0.15, 0.2) is 42.5 Å². The Balaban J connectivity index is 1.46. The second-order valence-corrected chi connectivity index (χ2v) is 7.84. The number of anilines is 1. The number of nitrogens with zero attached hydrogens (tertiary/aromatic N) is 2. The number of aromatic nitrogens is 1. The van der Waals surface area contributed by atoms with Crippen LogP contribution in [0, 0.1) is 0 Å². The molecule has 31 heavy (non-hydrogen) atoms. The number of phenolic OH excluding ortho intramolecular Hbond substituents is 1. The molecule has 0 saturated heterocycles. The van der Waals surface area contributed by atoms with Crippen molar-refractivity contribution in [3.8, 4) is 28.5 Å². The van der Waals surface area contributed by atoms with Crippen molar-refractivity contribution in [1.82, 2.24) is 9.88 Å². The van der Waals surface area contributed by atoms with E-state index in [1.165, 1.54) is 12.8 Å². The fraction of sp³-hybridized carbons (Fsp3) is 0.400. The average molecular weight is 422 g/mol. The number of pyridine rings is 1. The van der Waals surface area contributed by atoms with Crippen molar-refractivity contribution in [1.29, 1.82) is 0 Å². The van der Waals surface area contributed by atoms with Crippen LogP contribution < -0.4 is 14.8 Å². The summed E-state index contributed by atoms with van der Waals surface area (Å²) >= 11 is 0. The van der Waals surface area contributed by atoms with Crippen LogP contribution in [-0.2, 0) is 0 Å². The van der Waals surface area contributed by atoms with E-state index in [-0.39, 0.29) is 12.5 Å². The van der Waals surface area contributed by atoms with E-state index in [1.807, 2.05) is 30.3 Å². The number of ether oxygens (including phenoxy) is 2. The summed E-state index contributed by atoms with van der Waals surface area (Å²) in [5.74, 6) is 1.75. The molecule has 2 heterocycles. The lowest BCUT2D eigenvalue weighted by molar-refractivity contribution is 0.174. The maximum absolute atomic E-state index is 10.2. The summed E-state index contributed by atoms with van der Waals surface area (Å²) in [7, 11) is 0. The minimum absolute atomic E-state index is 0.245. The highest BCUT2D eigenvalue weighted by Gasteiger charge is 2.15. The molecule has 2 N–H and O–H groups in total. The Hall–Kier alpha value is -2.99. The Morgan fingerprint density at radius 2 is 1.81 bits per heavy atom. The number of benzene rings is 2. The second-order valence-electron chi connectivity index (χ2n) is 7.84. The first kappa shape index (κ1) is 21.2. The molecule has 0 aliphatic carbocycles. The number of unbranched alkanes of at least 4 members (excludes halogenated alkanes) is 2. The monoisotopic (exact) mass is 421 g/mol. The Kier molecular flexibility index (Phi) is 6.77. The van der Waals surface area contributed by atoms with Crippen LogP contribution in [0.4, 0.5) is 5.69 Å². The first-order chi connectivity index (χ1) is 15.2. The van der Waals surface area contributed by atoms with Gasteiger partial charge in [0.25, 0.3) is 0 Å². The van der Waals surface area contributed by atoms with E-state index in [2.05, 4.69) is 24.1 Å². The normalized spacial score (nSPS) is 12.6. The number of hydrogen-bond donors (Lipinski definition) is 2. The maximum atomic E-state index is 10.2. The molecule has 1 aliphatic heterocycles. The van der Waals surface area contributed by atoms with Crippen LogP contribution in [0.5, 0.6) is 17.2 Å². The van der Waals surface area contributed by atoms with Gasteiger partial charge in [-0.05, 0) is 62.8 Å². The SMILES string of the molecule is CCN(CC)CCCCCNc1cc(O)cc2ccc(-c3ccc4c(c3)OCO4)nc12. The molecule has 0 saturated carbocycles. The molecule has 2 aromatic carbocycles. The third kappa shape index (κ3) is 5.02. The molecule has 1 aromatic heterocycles. The molecular formula is C25H31N3O3. The molecule has 6 heteroatoms. The maximum Gasteiger partial charge on any atom is 0.231 e. The van der Waals surface area contributed by atoms with Crippen LogP contribution in [0.25, 0.3) is 22.2 Å². The zero-order valence-corrected chi connectivity index (χ0v) is 18.4. The molecular weight excluding hydrogens is 390 g/mol. The summed E-state index contributed by atoms with van der Waals surface area (Å²) in [5.41, 5.74) is 3.55. The van der Waals surface area contributed by atoms with Gasteiger partial charge in [-0.15, -0.1) is 0 Å². The number of hydrogen-bond acceptors (Lipinski definition) is 6. The standard InChI is InChI=1S/C25H31N3O3/c1-3-28(4-2)13-7-5-6-12-26-22-16-20(29)14-19-8-10-21(27-25(19)22)18-9-11-23-24(15-18)31-17-30-23/h8-11,14-16,26,29H,3-7,12-13,17H2,1-2H3. The van der Waals surface area contributed by atoms with E-state index >= 15 is 0 Å². The Bertz CT molecular complexity index is 1030. The molecule has 3 aromatic rings. The van der Waals surface area contributed by atoms with Crippen LogP contribution >= 0.6 is 0 Å². The van der Waals surface area contributed by atoms with Crippen LogP contribution in [-0.4, -0.2) is 48.0 Å². The van der Waals surface area contributed by atoms with Gasteiger partial charge in [-0.2, -0.15) is 0 Å². The lowest BCUT2D eigenvalue weighted by Gasteiger charge is -2.17. The number of rotatable bonds is 10. The summed E-state index contributed by atoms with van der Waals surface area (Å²) in [6.45, 7) is 8.91. The van der Waals surface area contributed by atoms with E-state index in [4.69, 9.17) is 14.5 Å². The predicted molar refractivity (Wildman–Crippen MR) is 125 cm³/mol. The first-order valence-corrected chi connectivity index (χ1v) is 11.2. The molecule has 6 nitrogen and oxygen atoms in total. The molecule has 0 unspecified atom stereocenters. The molecule has 0 radical (unpaired) electrons. The Morgan fingerprint density at radius 1 is 0.968 bits per heavy atom. The van der Waals surface area contributed by atoms with Crippen LogP contribution in [0.3, 0.4) is 0 Å². The van der Waals surface area contributed by atoms with Gasteiger partial charge in [0, 0.05) is 23.6 Å². The first-order valence-electron chi connectivity index (χ1n) is 11.2. The van der Waals surface area contributed by atoms with Crippen molar-refractivity contribution in [2.75, 3.05) is 38.3 Å². The fourth-order valence-corrected chi connectivity index (χ4v) is 3.97. The topological polar surface area (TPSA) is 66.9 Å². The van der Waals surface area contributed by atoms with Gasteiger partial charge in [0.15, 0.2) is 11.5 Å². The smallest absolute Gasteiger partial charge is 0.231 e. The van der Waals surface area contributed by atoms with Gasteiger partial charge in [0.05, 0.1) is 16.9 Å². The molecule has 0 amide bonds. The van der Waals surface area contributed by atoms with Crippen molar-refractivity contribution in [3.63, 3.8) is 0 Å². The highest BCUT2D eigenvalue weighted by Crippen LogP contribution is 2.36. The van der Waals surface area contributed by atoms with Gasteiger partial charge in [-0.25, -0.2) is 4.98 Å². The van der Waals surface area contributed by atoms with Crippen molar-refractivity contribution in [2.45, 2.75) is 33.1 Å². The van der Waals surface area contributed by atoms with Gasteiger partial charge in [-0.3, -0.25) is 0 Å². The fourth-order valence-electron chi connectivity index (χ4n) is 3.97. The van der Waals surface area contributed by atoms with Crippen LogP contribution in [0.2, 0.25) is 0 Å². The number of fused-ring (bicyclic) bond motifs is 2. The summed E-state index contributed by atoms with van der Waals surface area (Å²) in [5, 5.41) is 14.6. The Labute approximate surface area is 183 Å². The summed E-state index contributed by atoms with van der Waals surface area (Å²) in [4.78, 5) is 7.35. The summed E-state index contributed by atoms with van der Waals surface area (Å²) in [6.07, 6.45) is 3.47. The molecule has 164 valence electrons. The van der Waals surface area contributed by atoms with Gasteiger partial charge in [0.1, 0.15) is 5.75 Å². The lowest BCUT2D eigenvalue weighted by atomic mass is 10.1. The summed E-state index contributed by atoms with van der Waals surface area (Å²) < 4.78 is 10.9. The van der Waals surface area contributed by atoms with Crippen molar-refractivity contribution in [3.05, 3.63) is 42.5 Å². The van der Waals surface area contributed by atoms with E-state index in [9.17, 15) is 5.11 Å². The highest BCUT2D eigenvalue weighted by atomic mass is 16.7. The molecule has 4 rings (SSSR count). The molecule has 1 aliphatic rings. The highest BCUT2D eigenvalue weighted by molar-refractivity contribution is 5.93. The zero-order chi connectivity index (χ0) is 21.6. The average Bonchev–Trinajstić information content (AvgIpc) is 3.26. The molecule has 0 bridgehead atoms. The van der Waals surface area contributed by atoms with Crippen molar-refractivity contribution < 1.29 is 14.6 Å². The van der Waals surface area contributed by atoms with Crippen molar-refractivity contribution in [2.24, 2.45) is 0 Å². The van der Waals surface area contributed by atoms with E-state index in [0.29, 0.717) is 0 Å². The predicted octanol–water partition coefficient (Wildman–Crippen LogP) is 5.26. The third-order valence-corrected chi connectivity index (χ3v) is 5.81. The van der Waals surface area contributed by atoms with Crippen LogP contribution in [0.1, 0.15) is 33.1 Å². The molecule has 0 atom stereocenters. The quantitative estimate of drug-likeness (QED) is 0.435. The van der Waals surface area contributed by atoms with Gasteiger partial charge in [-0.1, -0.05) is 26.3 Å². The van der Waals surface area contributed by atoms with E-state index < -0.39 is 0 Å². The second kappa shape index (κ2) is 9.88. The van der Waals surface area contributed by atoms with Gasteiger partial charge in [0.2, 0.25) is 6.79 Å². The number of aromatic hydroxyl groups is 1. The van der Waals surface area contributed by atoms with Crippen molar-refractivity contribution >= 4 is 16.6 Å². The third-order valence-electron chi connectivity index (χ3n) is 5.81. The molecule has 0 fully saturated rings. The minimum Gasteiger partial charge on any atom is -0.508 e. The molecule has 0 spiro atoms. The minimum atomic E-state index is 0.245. The Morgan fingerprint density at radius 3 is 2.65 bits per heavy atom. The van der Waals surface area contributed by atoms with E-state index in [0.717, 1.165) is 71.9 Å². The largest absolute Gasteiger partial charge is 0.508 e. The zero-order valence-electron chi connectivity index (χ0n) is 18.4. The van der Waals surface area contributed by atoms with Gasteiger partial charge < -0.3 is 24.8 Å². The number of phenols is 1. The lowest BCUT2D eigenvalue weighted by Crippen LogP contribution is -2.23.